The lowest BCUT2D eigenvalue weighted by Crippen LogP contribution is -2.29. The lowest BCUT2D eigenvalue weighted by atomic mass is 10.1. The summed E-state index contributed by atoms with van der Waals surface area (Å²) in [4.78, 5) is 2.52. The van der Waals surface area contributed by atoms with Crippen molar-refractivity contribution >= 4 is 12.4 Å². The van der Waals surface area contributed by atoms with Gasteiger partial charge >= 0.3 is 0 Å². The standard InChI is InChI=1S/C17H27NO2.ClH/c1-3-15-9-8-10-16(19-2)17(15)20-14-13-18-11-6-4-5-7-12-18;/h8-10H,3-7,11-14H2,1-2H3;1H. The van der Waals surface area contributed by atoms with Crippen LogP contribution in [0.15, 0.2) is 18.2 Å². The molecule has 0 N–H and O–H groups in total. The first-order valence-electron chi connectivity index (χ1n) is 7.86. The fourth-order valence-electron chi connectivity index (χ4n) is 2.80. The number of methoxy groups -OCH3 is 1. The Labute approximate surface area is 135 Å². The Morgan fingerprint density at radius 2 is 1.81 bits per heavy atom. The Morgan fingerprint density at radius 1 is 1.10 bits per heavy atom. The highest BCUT2D eigenvalue weighted by atomic mass is 35.5. The normalized spacial score (nSPS) is 15.9. The van der Waals surface area contributed by atoms with Gasteiger partial charge < -0.3 is 9.47 Å². The fourth-order valence-corrected chi connectivity index (χ4v) is 2.80. The van der Waals surface area contributed by atoms with E-state index in [1.54, 1.807) is 7.11 Å². The zero-order chi connectivity index (χ0) is 14.2. The smallest absolute Gasteiger partial charge is 0.164 e. The van der Waals surface area contributed by atoms with Crippen molar-refractivity contribution in [3.05, 3.63) is 23.8 Å². The van der Waals surface area contributed by atoms with Gasteiger partial charge in [-0.25, -0.2) is 0 Å². The number of ether oxygens (including phenoxy) is 2. The topological polar surface area (TPSA) is 21.7 Å². The Kier molecular flexibility index (Phi) is 8.55. The largest absolute Gasteiger partial charge is 0.493 e. The third-order valence-electron chi connectivity index (χ3n) is 4.01. The lowest BCUT2D eigenvalue weighted by Gasteiger charge is -2.21. The van der Waals surface area contributed by atoms with Gasteiger partial charge in [0.05, 0.1) is 7.11 Å². The molecule has 1 aromatic carbocycles. The van der Waals surface area contributed by atoms with Crippen LogP contribution in [0.5, 0.6) is 11.5 Å². The molecule has 1 aromatic rings. The summed E-state index contributed by atoms with van der Waals surface area (Å²) in [6.07, 6.45) is 6.38. The molecular weight excluding hydrogens is 286 g/mol. The average Bonchev–Trinajstić information content (AvgIpc) is 2.76. The van der Waals surface area contributed by atoms with Crippen LogP contribution in [-0.4, -0.2) is 38.3 Å². The molecule has 0 aromatic heterocycles. The number of rotatable bonds is 6. The molecule has 0 bridgehead atoms. The summed E-state index contributed by atoms with van der Waals surface area (Å²) in [5.74, 6) is 1.77. The third kappa shape index (κ3) is 5.40. The Balaban J connectivity index is 0.00000220. The summed E-state index contributed by atoms with van der Waals surface area (Å²) in [5.41, 5.74) is 1.22. The average molecular weight is 314 g/mol. The van der Waals surface area contributed by atoms with Crippen LogP contribution >= 0.6 is 12.4 Å². The van der Waals surface area contributed by atoms with Gasteiger partial charge in [0, 0.05) is 6.54 Å². The van der Waals surface area contributed by atoms with Gasteiger partial charge in [-0.2, -0.15) is 0 Å². The SMILES string of the molecule is CCc1cccc(OC)c1OCCN1CCCCCC1.Cl. The second kappa shape index (κ2) is 9.91. The molecule has 0 spiro atoms. The quantitative estimate of drug-likeness (QED) is 0.794. The van der Waals surface area contributed by atoms with Gasteiger partial charge in [0.2, 0.25) is 0 Å². The van der Waals surface area contributed by atoms with Crippen molar-refractivity contribution < 1.29 is 9.47 Å². The molecule has 0 unspecified atom stereocenters. The van der Waals surface area contributed by atoms with Gasteiger partial charge in [0.15, 0.2) is 11.5 Å². The molecule has 0 aliphatic carbocycles. The van der Waals surface area contributed by atoms with Crippen LogP contribution < -0.4 is 9.47 Å². The van der Waals surface area contributed by atoms with Gasteiger partial charge in [0.25, 0.3) is 0 Å². The molecule has 1 aliphatic rings. The maximum absolute atomic E-state index is 6.03. The van der Waals surface area contributed by atoms with E-state index in [9.17, 15) is 0 Å². The summed E-state index contributed by atoms with van der Waals surface area (Å²) >= 11 is 0. The molecule has 2 rings (SSSR count). The molecule has 0 saturated carbocycles. The number of halogens is 1. The number of likely N-dealkylation sites (tertiary alicyclic amines) is 1. The third-order valence-corrected chi connectivity index (χ3v) is 4.01. The number of hydrogen-bond acceptors (Lipinski definition) is 3. The van der Waals surface area contributed by atoms with E-state index in [1.165, 1.54) is 44.3 Å². The number of nitrogens with zero attached hydrogens (tertiary/aromatic N) is 1. The van der Waals surface area contributed by atoms with Crippen molar-refractivity contribution in [2.24, 2.45) is 0 Å². The minimum Gasteiger partial charge on any atom is -0.493 e. The maximum atomic E-state index is 6.03. The number of hydrogen-bond donors (Lipinski definition) is 0. The first-order valence-corrected chi connectivity index (χ1v) is 7.86. The van der Waals surface area contributed by atoms with Crippen LogP contribution in [0.4, 0.5) is 0 Å². The van der Waals surface area contributed by atoms with E-state index in [0.717, 1.165) is 31.1 Å². The monoisotopic (exact) mass is 313 g/mol. The molecule has 120 valence electrons. The lowest BCUT2D eigenvalue weighted by molar-refractivity contribution is 0.208. The van der Waals surface area contributed by atoms with Crippen LogP contribution in [0.2, 0.25) is 0 Å². The van der Waals surface area contributed by atoms with Crippen LogP contribution in [0.3, 0.4) is 0 Å². The minimum atomic E-state index is 0. The molecule has 1 fully saturated rings. The number of para-hydroxylation sites is 1. The number of aryl methyl sites for hydroxylation is 1. The van der Waals surface area contributed by atoms with Crippen molar-refractivity contribution in [3.63, 3.8) is 0 Å². The van der Waals surface area contributed by atoms with Crippen LogP contribution in [0.25, 0.3) is 0 Å². The molecular formula is C17H28ClNO2. The highest BCUT2D eigenvalue weighted by Crippen LogP contribution is 2.31. The Bertz CT molecular complexity index is 382. The highest BCUT2D eigenvalue weighted by molar-refractivity contribution is 5.85. The molecule has 1 aliphatic heterocycles. The Hall–Kier alpha value is -0.930. The van der Waals surface area contributed by atoms with Gasteiger partial charge in [-0.05, 0) is 44.0 Å². The first-order chi connectivity index (χ1) is 9.85. The minimum absolute atomic E-state index is 0. The van der Waals surface area contributed by atoms with Crippen molar-refractivity contribution in [1.29, 1.82) is 0 Å². The van der Waals surface area contributed by atoms with E-state index >= 15 is 0 Å². The summed E-state index contributed by atoms with van der Waals surface area (Å²) in [6.45, 7) is 6.34. The van der Waals surface area contributed by atoms with Crippen LogP contribution in [0.1, 0.15) is 38.2 Å². The molecule has 0 radical (unpaired) electrons. The zero-order valence-corrected chi connectivity index (χ0v) is 14.1. The molecule has 21 heavy (non-hydrogen) atoms. The molecule has 1 saturated heterocycles. The molecule has 4 heteroatoms. The second-order valence-electron chi connectivity index (χ2n) is 5.41. The fraction of sp³-hybridized carbons (Fsp3) is 0.647. The van der Waals surface area contributed by atoms with E-state index in [0.29, 0.717) is 0 Å². The summed E-state index contributed by atoms with van der Waals surface area (Å²) in [6, 6.07) is 6.11. The van der Waals surface area contributed by atoms with Crippen molar-refractivity contribution in [2.45, 2.75) is 39.0 Å². The maximum Gasteiger partial charge on any atom is 0.164 e. The summed E-state index contributed by atoms with van der Waals surface area (Å²) in [7, 11) is 1.70. The number of benzene rings is 1. The predicted octanol–water partition coefficient (Wildman–Crippen LogP) is 3.93. The van der Waals surface area contributed by atoms with Crippen molar-refractivity contribution in [2.75, 3.05) is 33.4 Å². The van der Waals surface area contributed by atoms with Gasteiger partial charge in [-0.1, -0.05) is 31.9 Å². The zero-order valence-electron chi connectivity index (χ0n) is 13.3. The van der Waals surface area contributed by atoms with Crippen molar-refractivity contribution in [1.82, 2.24) is 4.90 Å². The van der Waals surface area contributed by atoms with E-state index in [4.69, 9.17) is 9.47 Å². The van der Waals surface area contributed by atoms with Crippen LogP contribution in [-0.2, 0) is 6.42 Å². The van der Waals surface area contributed by atoms with E-state index in [-0.39, 0.29) is 12.4 Å². The molecule has 3 nitrogen and oxygen atoms in total. The predicted molar refractivity (Wildman–Crippen MR) is 90.0 cm³/mol. The van der Waals surface area contributed by atoms with Gasteiger partial charge in [-0.15, -0.1) is 12.4 Å². The molecule has 1 heterocycles. The summed E-state index contributed by atoms with van der Waals surface area (Å²) in [5, 5.41) is 0. The van der Waals surface area contributed by atoms with E-state index in [1.807, 2.05) is 12.1 Å². The second-order valence-corrected chi connectivity index (χ2v) is 5.41. The van der Waals surface area contributed by atoms with E-state index < -0.39 is 0 Å². The van der Waals surface area contributed by atoms with E-state index in [2.05, 4.69) is 17.9 Å². The molecule has 0 amide bonds. The Morgan fingerprint density at radius 3 is 2.43 bits per heavy atom. The van der Waals surface area contributed by atoms with Crippen LogP contribution in [0, 0.1) is 0 Å². The van der Waals surface area contributed by atoms with Gasteiger partial charge in [-0.3, -0.25) is 4.90 Å². The first kappa shape index (κ1) is 18.1. The molecule has 0 atom stereocenters. The highest BCUT2D eigenvalue weighted by Gasteiger charge is 2.12. The van der Waals surface area contributed by atoms with Crippen molar-refractivity contribution in [3.8, 4) is 11.5 Å². The summed E-state index contributed by atoms with van der Waals surface area (Å²) < 4.78 is 11.4. The van der Waals surface area contributed by atoms with Gasteiger partial charge in [0.1, 0.15) is 6.61 Å².